The Morgan fingerprint density at radius 3 is 2.69 bits per heavy atom. The second-order valence-corrected chi connectivity index (χ2v) is 9.27. The molecule has 32 heavy (non-hydrogen) atoms. The zero-order valence-corrected chi connectivity index (χ0v) is 19.9. The average molecular weight is 454 g/mol. The van der Waals surface area contributed by atoms with Crippen molar-refractivity contribution < 1.29 is 14.3 Å². The van der Waals surface area contributed by atoms with Gasteiger partial charge in [0.2, 0.25) is 0 Å². The molecule has 3 aromatic rings. The van der Waals surface area contributed by atoms with Crippen molar-refractivity contribution >= 4 is 32.6 Å². The van der Waals surface area contributed by atoms with Crippen LogP contribution < -0.4 is 9.64 Å². The Morgan fingerprint density at radius 1 is 1.12 bits per heavy atom. The summed E-state index contributed by atoms with van der Waals surface area (Å²) in [5.74, 6) is 0.675. The predicted octanol–water partition coefficient (Wildman–Crippen LogP) is 4.36. The minimum atomic E-state index is -0.0661. The number of benzene rings is 2. The third-order valence-corrected chi connectivity index (χ3v) is 7.05. The fourth-order valence-electron chi connectivity index (χ4n) is 3.87. The molecule has 0 bridgehead atoms. The number of para-hydroxylation sites is 1. The van der Waals surface area contributed by atoms with Gasteiger partial charge in [0.15, 0.2) is 11.7 Å². The van der Waals surface area contributed by atoms with E-state index >= 15 is 0 Å². The lowest BCUT2D eigenvalue weighted by atomic mass is 10.1. The first kappa shape index (κ1) is 22.7. The van der Waals surface area contributed by atoms with Crippen molar-refractivity contribution in [1.82, 2.24) is 9.88 Å². The molecule has 170 valence electrons. The summed E-state index contributed by atoms with van der Waals surface area (Å²) in [6, 6.07) is 12.0. The number of hydrogen-bond acceptors (Lipinski definition) is 6. The van der Waals surface area contributed by atoms with Gasteiger partial charge in [-0.25, -0.2) is 4.98 Å². The molecule has 1 aromatic heterocycles. The van der Waals surface area contributed by atoms with E-state index in [1.165, 1.54) is 11.1 Å². The highest BCUT2D eigenvalue weighted by Crippen LogP contribution is 2.32. The minimum Gasteiger partial charge on any atom is -0.483 e. The van der Waals surface area contributed by atoms with Crippen LogP contribution in [0, 0.1) is 20.8 Å². The van der Waals surface area contributed by atoms with Crippen LogP contribution in [0.15, 0.2) is 36.4 Å². The number of aromatic nitrogens is 1. The maximum atomic E-state index is 13.3. The smallest absolute Gasteiger partial charge is 0.266 e. The number of hydrogen-bond donors (Lipinski definition) is 0. The molecule has 1 aliphatic heterocycles. The first-order valence-corrected chi connectivity index (χ1v) is 12.0. The molecule has 0 saturated carbocycles. The third-order valence-electron chi connectivity index (χ3n) is 6.01. The van der Waals surface area contributed by atoms with Crippen LogP contribution >= 0.6 is 11.3 Å². The summed E-state index contributed by atoms with van der Waals surface area (Å²) in [4.78, 5) is 22.3. The standard InChI is InChI=1S/C25H31N3O3S/c1-18-9-10-22-24(20(18)3)26-25(32-22)28(12-6-11-27-13-15-30-16-14-27)23(29)17-31-21-8-5-4-7-19(21)2/h4-5,7-10H,6,11-17H2,1-3H3. The van der Waals surface area contributed by atoms with E-state index in [9.17, 15) is 4.79 Å². The molecule has 2 aromatic carbocycles. The molecule has 6 nitrogen and oxygen atoms in total. The molecular formula is C25H31N3O3S. The topological polar surface area (TPSA) is 54.9 Å². The first-order valence-electron chi connectivity index (χ1n) is 11.2. The Morgan fingerprint density at radius 2 is 1.91 bits per heavy atom. The average Bonchev–Trinajstić information content (AvgIpc) is 3.24. The van der Waals surface area contributed by atoms with E-state index in [0.717, 1.165) is 65.9 Å². The number of carbonyl (C=O) groups excluding carboxylic acids is 1. The van der Waals surface area contributed by atoms with Gasteiger partial charge in [-0.1, -0.05) is 35.6 Å². The van der Waals surface area contributed by atoms with Gasteiger partial charge in [-0.2, -0.15) is 0 Å². The normalized spacial score (nSPS) is 14.6. The molecule has 4 rings (SSSR count). The van der Waals surface area contributed by atoms with Gasteiger partial charge in [-0.05, 0) is 56.0 Å². The molecule has 1 saturated heterocycles. The van der Waals surface area contributed by atoms with Crippen LogP contribution in [0.4, 0.5) is 5.13 Å². The fraction of sp³-hybridized carbons (Fsp3) is 0.440. The number of carbonyl (C=O) groups is 1. The van der Waals surface area contributed by atoms with E-state index in [-0.39, 0.29) is 12.5 Å². The quantitative estimate of drug-likeness (QED) is 0.507. The number of fused-ring (bicyclic) bond motifs is 1. The Labute approximate surface area is 193 Å². The highest BCUT2D eigenvalue weighted by atomic mass is 32.1. The summed E-state index contributed by atoms with van der Waals surface area (Å²) < 4.78 is 12.4. The third kappa shape index (κ3) is 5.28. The number of morpholine rings is 1. The molecule has 0 aliphatic carbocycles. The van der Waals surface area contributed by atoms with Crippen molar-refractivity contribution in [3.8, 4) is 5.75 Å². The number of thiazole rings is 1. The lowest BCUT2D eigenvalue weighted by Crippen LogP contribution is -2.40. The SMILES string of the molecule is Cc1ccccc1OCC(=O)N(CCCN1CCOCC1)c1nc2c(C)c(C)ccc2s1. The lowest BCUT2D eigenvalue weighted by Gasteiger charge is -2.27. The molecule has 0 radical (unpaired) electrons. The van der Waals surface area contributed by atoms with Crippen molar-refractivity contribution in [1.29, 1.82) is 0 Å². The number of aryl methyl sites for hydroxylation is 3. The van der Waals surface area contributed by atoms with Gasteiger partial charge < -0.3 is 9.47 Å². The lowest BCUT2D eigenvalue weighted by molar-refractivity contribution is -0.120. The van der Waals surface area contributed by atoms with E-state index in [1.807, 2.05) is 31.2 Å². The Balaban J connectivity index is 1.51. The van der Waals surface area contributed by atoms with Gasteiger partial charge in [-0.3, -0.25) is 14.6 Å². The van der Waals surface area contributed by atoms with E-state index in [0.29, 0.717) is 6.54 Å². The van der Waals surface area contributed by atoms with Crippen molar-refractivity contribution in [2.75, 3.05) is 50.9 Å². The van der Waals surface area contributed by atoms with Crippen LogP contribution in [0.25, 0.3) is 10.2 Å². The van der Waals surface area contributed by atoms with Crippen LogP contribution in [0.1, 0.15) is 23.1 Å². The number of amides is 1. The van der Waals surface area contributed by atoms with Crippen molar-refractivity contribution in [3.05, 3.63) is 53.1 Å². The summed E-state index contributed by atoms with van der Waals surface area (Å²) in [6.07, 6.45) is 0.879. The van der Waals surface area contributed by atoms with E-state index < -0.39 is 0 Å². The molecule has 7 heteroatoms. The summed E-state index contributed by atoms with van der Waals surface area (Å²) in [6.45, 7) is 11.2. The summed E-state index contributed by atoms with van der Waals surface area (Å²) in [5.41, 5.74) is 4.38. The van der Waals surface area contributed by atoms with E-state index in [2.05, 4.69) is 30.9 Å². The highest BCUT2D eigenvalue weighted by Gasteiger charge is 2.22. The van der Waals surface area contributed by atoms with Crippen molar-refractivity contribution in [2.24, 2.45) is 0 Å². The monoisotopic (exact) mass is 453 g/mol. The Bertz CT molecular complexity index is 1080. The Kier molecular flexibility index (Phi) is 7.40. The number of nitrogens with zero attached hydrogens (tertiary/aromatic N) is 3. The zero-order chi connectivity index (χ0) is 22.5. The molecule has 0 unspecified atom stereocenters. The zero-order valence-electron chi connectivity index (χ0n) is 19.1. The van der Waals surface area contributed by atoms with Crippen LogP contribution in [0.2, 0.25) is 0 Å². The molecule has 0 atom stereocenters. The maximum Gasteiger partial charge on any atom is 0.266 e. The van der Waals surface area contributed by atoms with Crippen LogP contribution in [0.3, 0.4) is 0 Å². The molecule has 0 spiro atoms. The summed E-state index contributed by atoms with van der Waals surface area (Å²) in [7, 11) is 0. The molecular weight excluding hydrogens is 422 g/mol. The fourth-order valence-corrected chi connectivity index (χ4v) is 4.94. The largest absolute Gasteiger partial charge is 0.483 e. The van der Waals surface area contributed by atoms with Crippen LogP contribution in [-0.2, 0) is 9.53 Å². The van der Waals surface area contributed by atoms with Gasteiger partial charge in [0.05, 0.1) is 23.4 Å². The van der Waals surface area contributed by atoms with Gasteiger partial charge in [0.25, 0.3) is 5.91 Å². The van der Waals surface area contributed by atoms with Crippen LogP contribution in [0.5, 0.6) is 5.75 Å². The Hall–Kier alpha value is -2.48. The highest BCUT2D eigenvalue weighted by molar-refractivity contribution is 7.22. The van der Waals surface area contributed by atoms with Gasteiger partial charge in [0, 0.05) is 26.2 Å². The minimum absolute atomic E-state index is 0.00363. The second kappa shape index (κ2) is 10.4. The number of anilines is 1. The molecule has 2 heterocycles. The van der Waals surface area contributed by atoms with E-state index in [4.69, 9.17) is 14.5 Å². The number of ether oxygens (including phenoxy) is 2. The van der Waals surface area contributed by atoms with Gasteiger partial charge in [0.1, 0.15) is 5.75 Å². The van der Waals surface area contributed by atoms with Crippen molar-refractivity contribution in [3.63, 3.8) is 0 Å². The molecule has 1 amide bonds. The molecule has 1 fully saturated rings. The first-order chi connectivity index (χ1) is 15.5. The van der Waals surface area contributed by atoms with Gasteiger partial charge >= 0.3 is 0 Å². The summed E-state index contributed by atoms with van der Waals surface area (Å²) in [5, 5.41) is 0.745. The maximum absolute atomic E-state index is 13.3. The van der Waals surface area contributed by atoms with E-state index in [1.54, 1.807) is 16.2 Å². The van der Waals surface area contributed by atoms with Crippen LogP contribution in [-0.4, -0.2) is 61.8 Å². The van der Waals surface area contributed by atoms with Gasteiger partial charge in [-0.15, -0.1) is 0 Å². The number of rotatable bonds is 8. The van der Waals surface area contributed by atoms with Crippen molar-refractivity contribution in [2.45, 2.75) is 27.2 Å². The molecule has 1 aliphatic rings. The summed E-state index contributed by atoms with van der Waals surface area (Å²) >= 11 is 1.57. The predicted molar refractivity (Wildman–Crippen MR) is 130 cm³/mol. The second-order valence-electron chi connectivity index (χ2n) is 8.26. The molecule has 0 N–H and O–H groups in total.